The van der Waals surface area contributed by atoms with Crippen molar-refractivity contribution in [3.05, 3.63) is 69.3 Å². The number of carbonyl (C=O) groups excluding carboxylic acids is 1. The minimum Gasteiger partial charge on any atom is -0.378 e. The van der Waals surface area contributed by atoms with Gasteiger partial charge in [-0.3, -0.25) is 14.9 Å². The summed E-state index contributed by atoms with van der Waals surface area (Å²) in [5, 5.41) is 14.8. The minimum absolute atomic E-state index is 0.138. The highest BCUT2D eigenvalue weighted by Gasteiger charge is 2.12. The fourth-order valence-electron chi connectivity index (χ4n) is 2.81. The van der Waals surface area contributed by atoms with Gasteiger partial charge in [0, 0.05) is 36.5 Å². The van der Waals surface area contributed by atoms with Crippen LogP contribution in [0.5, 0.6) is 0 Å². The Labute approximate surface area is 156 Å². The molecule has 0 radical (unpaired) electrons. The molecule has 0 spiro atoms. The average Bonchev–Trinajstić information content (AvgIpc) is 2.69. The van der Waals surface area contributed by atoms with Gasteiger partial charge in [0.25, 0.3) is 11.6 Å². The van der Waals surface area contributed by atoms with Crippen LogP contribution in [-0.2, 0) is 4.74 Å². The number of benzene rings is 2. The SMILES string of the molecule is Cc1cc(N2CCOCC2)ccc1/C=N\NC(=O)c1cccc([N+](=O)[O-])c1. The van der Waals surface area contributed by atoms with Gasteiger partial charge in [-0.15, -0.1) is 0 Å². The van der Waals surface area contributed by atoms with Gasteiger partial charge in [0.1, 0.15) is 0 Å². The maximum absolute atomic E-state index is 12.1. The molecule has 8 heteroatoms. The molecule has 140 valence electrons. The highest BCUT2D eigenvalue weighted by molar-refractivity contribution is 5.95. The molecule has 8 nitrogen and oxygen atoms in total. The molecule has 0 atom stereocenters. The molecule has 0 bridgehead atoms. The Balaban J connectivity index is 1.64. The van der Waals surface area contributed by atoms with E-state index in [1.807, 2.05) is 19.1 Å². The van der Waals surface area contributed by atoms with Gasteiger partial charge >= 0.3 is 0 Å². The number of amides is 1. The molecule has 2 aromatic rings. The van der Waals surface area contributed by atoms with Gasteiger partial charge in [0.05, 0.1) is 24.4 Å². The molecular weight excluding hydrogens is 348 g/mol. The second kappa shape index (κ2) is 8.41. The smallest absolute Gasteiger partial charge is 0.271 e. The zero-order valence-corrected chi connectivity index (χ0v) is 14.9. The summed E-state index contributed by atoms with van der Waals surface area (Å²) >= 11 is 0. The quantitative estimate of drug-likeness (QED) is 0.497. The second-order valence-electron chi connectivity index (χ2n) is 6.15. The van der Waals surface area contributed by atoms with Crippen LogP contribution in [0.1, 0.15) is 21.5 Å². The topological polar surface area (TPSA) is 97.1 Å². The van der Waals surface area contributed by atoms with Crippen LogP contribution >= 0.6 is 0 Å². The summed E-state index contributed by atoms with van der Waals surface area (Å²) in [6, 6.07) is 11.6. The van der Waals surface area contributed by atoms with E-state index in [1.54, 1.807) is 6.21 Å². The third-order valence-corrected chi connectivity index (χ3v) is 4.32. The highest BCUT2D eigenvalue weighted by Crippen LogP contribution is 2.19. The number of morpholine rings is 1. The number of carbonyl (C=O) groups is 1. The van der Waals surface area contributed by atoms with E-state index >= 15 is 0 Å². The Morgan fingerprint density at radius 1 is 1.26 bits per heavy atom. The number of nitrogens with one attached hydrogen (secondary N) is 1. The van der Waals surface area contributed by atoms with Crippen molar-refractivity contribution in [2.45, 2.75) is 6.92 Å². The number of anilines is 1. The lowest BCUT2D eigenvalue weighted by Crippen LogP contribution is -2.36. The van der Waals surface area contributed by atoms with Crippen molar-refractivity contribution in [1.82, 2.24) is 5.43 Å². The summed E-state index contributed by atoms with van der Waals surface area (Å²) in [5.74, 6) is -0.502. The van der Waals surface area contributed by atoms with E-state index in [1.165, 1.54) is 24.3 Å². The minimum atomic E-state index is -0.542. The van der Waals surface area contributed by atoms with Crippen LogP contribution < -0.4 is 10.3 Å². The number of hydrogen-bond donors (Lipinski definition) is 1. The Bertz CT molecular complexity index is 876. The molecular formula is C19H20N4O4. The lowest BCUT2D eigenvalue weighted by molar-refractivity contribution is -0.384. The molecule has 1 N–H and O–H groups in total. The predicted octanol–water partition coefficient (Wildman–Crippen LogP) is 2.50. The van der Waals surface area contributed by atoms with Crippen LogP contribution in [0, 0.1) is 17.0 Å². The van der Waals surface area contributed by atoms with E-state index in [0.717, 1.165) is 43.1 Å². The number of hydrazone groups is 1. The van der Waals surface area contributed by atoms with Crippen LogP contribution in [0.25, 0.3) is 0 Å². The largest absolute Gasteiger partial charge is 0.378 e. The first-order chi connectivity index (χ1) is 13.0. The number of hydrogen-bond acceptors (Lipinski definition) is 6. The lowest BCUT2D eigenvalue weighted by atomic mass is 10.1. The molecule has 0 saturated carbocycles. The normalized spacial score (nSPS) is 14.3. The van der Waals surface area contributed by atoms with Gasteiger partial charge in [-0.05, 0) is 36.2 Å². The molecule has 1 amide bonds. The second-order valence-corrected chi connectivity index (χ2v) is 6.15. The number of non-ortho nitro benzene ring substituents is 1. The summed E-state index contributed by atoms with van der Waals surface area (Å²) in [5.41, 5.74) is 5.49. The number of nitrogens with zero attached hydrogens (tertiary/aromatic N) is 3. The predicted molar refractivity (Wildman–Crippen MR) is 102 cm³/mol. The van der Waals surface area contributed by atoms with Crippen LogP contribution in [-0.4, -0.2) is 43.3 Å². The van der Waals surface area contributed by atoms with Gasteiger partial charge in [0.15, 0.2) is 0 Å². The van der Waals surface area contributed by atoms with Gasteiger partial charge in [-0.25, -0.2) is 5.43 Å². The molecule has 1 saturated heterocycles. The number of aryl methyl sites for hydroxylation is 1. The summed E-state index contributed by atoms with van der Waals surface area (Å²) in [6.45, 7) is 5.17. The molecule has 3 rings (SSSR count). The molecule has 0 unspecified atom stereocenters. The average molecular weight is 368 g/mol. The molecule has 0 aromatic heterocycles. The molecule has 27 heavy (non-hydrogen) atoms. The zero-order valence-electron chi connectivity index (χ0n) is 14.9. The molecule has 1 aliphatic heterocycles. The molecule has 0 aliphatic carbocycles. The van der Waals surface area contributed by atoms with Crippen molar-refractivity contribution < 1.29 is 14.5 Å². The lowest BCUT2D eigenvalue weighted by Gasteiger charge is -2.29. The molecule has 1 heterocycles. The molecule has 1 fully saturated rings. The number of nitro groups is 1. The fourth-order valence-corrected chi connectivity index (χ4v) is 2.81. The number of ether oxygens (including phenoxy) is 1. The summed E-state index contributed by atoms with van der Waals surface area (Å²) < 4.78 is 5.37. The molecule has 1 aliphatic rings. The van der Waals surface area contributed by atoms with Crippen molar-refractivity contribution in [2.24, 2.45) is 5.10 Å². The maximum atomic E-state index is 12.1. The van der Waals surface area contributed by atoms with E-state index in [-0.39, 0.29) is 11.3 Å². The first-order valence-corrected chi connectivity index (χ1v) is 8.56. The van der Waals surface area contributed by atoms with E-state index < -0.39 is 10.8 Å². The Hall–Kier alpha value is -3.26. The van der Waals surface area contributed by atoms with Crippen molar-refractivity contribution in [3.63, 3.8) is 0 Å². The maximum Gasteiger partial charge on any atom is 0.271 e. The summed E-state index contributed by atoms with van der Waals surface area (Å²) in [7, 11) is 0. The van der Waals surface area contributed by atoms with Crippen molar-refractivity contribution in [1.29, 1.82) is 0 Å². The van der Waals surface area contributed by atoms with E-state index in [2.05, 4.69) is 21.5 Å². The molecule has 2 aromatic carbocycles. The van der Waals surface area contributed by atoms with Crippen LogP contribution in [0.15, 0.2) is 47.6 Å². The first kappa shape index (κ1) is 18.5. The van der Waals surface area contributed by atoms with Crippen molar-refractivity contribution in [3.8, 4) is 0 Å². The number of rotatable bonds is 5. The van der Waals surface area contributed by atoms with Gasteiger partial charge in [-0.1, -0.05) is 12.1 Å². The summed E-state index contributed by atoms with van der Waals surface area (Å²) in [6.07, 6.45) is 1.56. The van der Waals surface area contributed by atoms with E-state index in [4.69, 9.17) is 4.74 Å². The summed E-state index contributed by atoms with van der Waals surface area (Å²) in [4.78, 5) is 24.6. The number of nitro benzene ring substituents is 1. The van der Waals surface area contributed by atoms with Crippen LogP contribution in [0.2, 0.25) is 0 Å². The van der Waals surface area contributed by atoms with Gasteiger partial charge in [-0.2, -0.15) is 5.10 Å². The van der Waals surface area contributed by atoms with Crippen LogP contribution in [0.4, 0.5) is 11.4 Å². The monoisotopic (exact) mass is 368 g/mol. The Morgan fingerprint density at radius 3 is 2.74 bits per heavy atom. The van der Waals surface area contributed by atoms with Gasteiger partial charge in [0.2, 0.25) is 0 Å². The fraction of sp³-hybridized carbons (Fsp3) is 0.263. The zero-order chi connectivity index (χ0) is 19.2. The Kier molecular flexibility index (Phi) is 5.77. The first-order valence-electron chi connectivity index (χ1n) is 8.56. The Morgan fingerprint density at radius 2 is 2.04 bits per heavy atom. The van der Waals surface area contributed by atoms with Crippen molar-refractivity contribution in [2.75, 3.05) is 31.2 Å². The van der Waals surface area contributed by atoms with Crippen LogP contribution in [0.3, 0.4) is 0 Å². The third-order valence-electron chi connectivity index (χ3n) is 4.32. The van der Waals surface area contributed by atoms with Crippen molar-refractivity contribution >= 4 is 23.5 Å². The highest BCUT2D eigenvalue weighted by atomic mass is 16.6. The standard InChI is InChI=1S/C19H20N4O4/c1-14-11-17(22-7-9-27-10-8-22)6-5-16(14)13-20-21-19(24)15-3-2-4-18(12-15)23(25)26/h2-6,11-13H,7-10H2,1H3,(H,21,24)/b20-13-. The third kappa shape index (κ3) is 4.68. The van der Waals surface area contributed by atoms with E-state index in [9.17, 15) is 14.9 Å². The van der Waals surface area contributed by atoms with E-state index in [0.29, 0.717) is 0 Å². The van der Waals surface area contributed by atoms with Gasteiger partial charge < -0.3 is 9.64 Å².